The van der Waals surface area contributed by atoms with Crippen LogP contribution in [-0.2, 0) is 9.47 Å². The molecule has 110 valence electrons. The summed E-state index contributed by atoms with van der Waals surface area (Å²) in [4.78, 5) is 0. The van der Waals surface area contributed by atoms with Crippen molar-refractivity contribution in [1.82, 2.24) is 5.32 Å². The van der Waals surface area contributed by atoms with Crippen LogP contribution in [0.15, 0.2) is 0 Å². The van der Waals surface area contributed by atoms with E-state index in [9.17, 15) is 0 Å². The molecule has 19 heavy (non-hydrogen) atoms. The van der Waals surface area contributed by atoms with Crippen LogP contribution in [0.5, 0.6) is 0 Å². The van der Waals surface area contributed by atoms with Gasteiger partial charge in [-0.25, -0.2) is 0 Å². The van der Waals surface area contributed by atoms with Crippen LogP contribution in [0.3, 0.4) is 0 Å². The SMILES string of the molecule is CC1CCCC(NC2CCOC3(CCOC3)C2)C1C. The average molecular weight is 267 g/mol. The van der Waals surface area contributed by atoms with Gasteiger partial charge in [0.2, 0.25) is 0 Å². The van der Waals surface area contributed by atoms with Gasteiger partial charge in [0.05, 0.1) is 12.2 Å². The second-order valence-corrected chi connectivity index (χ2v) is 7.06. The highest BCUT2D eigenvalue weighted by Crippen LogP contribution is 2.35. The Morgan fingerprint density at radius 1 is 1.11 bits per heavy atom. The van der Waals surface area contributed by atoms with Gasteiger partial charge in [-0.05, 0) is 31.1 Å². The molecule has 1 N–H and O–H groups in total. The van der Waals surface area contributed by atoms with Gasteiger partial charge >= 0.3 is 0 Å². The smallest absolute Gasteiger partial charge is 0.0951 e. The monoisotopic (exact) mass is 267 g/mol. The lowest BCUT2D eigenvalue weighted by molar-refractivity contribution is -0.0916. The summed E-state index contributed by atoms with van der Waals surface area (Å²) in [5, 5.41) is 3.95. The molecule has 5 unspecified atom stereocenters. The van der Waals surface area contributed by atoms with E-state index in [-0.39, 0.29) is 5.60 Å². The minimum Gasteiger partial charge on any atom is -0.378 e. The number of hydrogen-bond donors (Lipinski definition) is 1. The van der Waals surface area contributed by atoms with Crippen LogP contribution in [0.25, 0.3) is 0 Å². The molecule has 0 bridgehead atoms. The lowest BCUT2D eigenvalue weighted by Crippen LogP contribution is -2.52. The zero-order chi connectivity index (χ0) is 13.3. The maximum atomic E-state index is 6.03. The van der Waals surface area contributed by atoms with Crippen molar-refractivity contribution in [2.45, 2.75) is 70.1 Å². The van der Waals surface area contributed by atoms with Crippen LogP contribution in [0.1, 0.15) is 52.4 Å². The molecule has 2 saturated heterocycles. The van der Waals surface area contributed by atoms with Crippen molar-refractivity contribution in [2.24, 2.45) is 11.8 Å². The highest BCUT2D eigenvalue weighted by atomic mass is 16.6. The van der Waals surface area contributed by atoms with Gasteiger partial charge in [-0.15, -0.1) is 0 Å². The third-order valence-electron chi connectivity index (χ3n) is 5.72. The van der Waals surface area contributed by atoms with E-state index < -0.39 is 0 Å². The second-order valence-electron chi connectivity index (χ2n) is 7.06. The number of nitrogens with one attached hydrogen (secondary N) is 1. The van der Waals surface area contributed by atoms with E-state index in [0.29, 0.717) is 12.1 Å². The molecular weight excluding hydrogens is 238 g/mol. The normalized spacial score (nSPS) is 47.7. The zero-order valence-corrected chi connectivity index (χ0v) is 12.5. The lowest BCUT2D eigenvalue weighted by Gasteiger charge is -2.42. The Bertz CT molecular complexity index is 301. The first-order valence-corrected chi connectivity index (χ1v) is 8.16. The van der Waals surface area contributed by atoms with E-state index >= 15 is 0 Å². The summed E-state index contributed by atoms with van der Waals surface area (Å²) in [7, 11) is 0. The molecule has 0 aromatic heterocycles. The third-order valence-corrected chi connectivity index (χ3v) is 5.72. The van der Waals surface area contributed by atoms with Gasteiger partial charge in [-0.2, -0.15) is 0 Å². The molecule has 3 aliphatic rings. The summed E-state index contributed by atoms with van der Waals surface area (Å²) in [6, 6.07) is 1.35. The standard InChI is InChI=1S/C16H29NO2/c1-12-4-3-5-15(13(12)2)17-14-6-8-19-16(10-14)7-9-18-11-16/h12-15,17H,3-11H2,1-2H3. The average Bonchev–Trinajstić information content (AvgIpc) is 2.83. The molecule has 2 heterocycles. The van der Waals surface area contributed by atoms with Gasteiger partial charge in [0.1, 0.15) is 0 Å². The molecule has 0 aromatic carbocycles. The van der Waals surface area contributed by atoms with Crippen molar-refractivity contribution < 1.29 is 9.47 Å². The number of rotatable bonds is 2. The van der Waals surface area contributed by atoms with Crippen molar-refractivity contribution in [3.63, 3.8) is 0 Å². The minimum atomic E-state index is 0.0411. The van der Waals surface area contributed by atoms with Crippen LogP contribution in [0, 0.1) is 11.8 Å². The summed E-state index contributed by atoms with van der Waals surface area (Å²) >= 11 is 0. The molecule has 3 fully saturated rings. The van der Waals surface area contributed by atoms with E-state index in [1.54, 1.807) is 0 Å². The highest BCUT2D eigenvalue weighted by Gasteiger charge is 2.42. The molecule has 0 aromatic rings. The van der Waals surface area contributed by atoms with Crippen LogP contribution >= 0.6 is 0 Å². The summed E-state index contributed by atoms with van der Waals surface area (Å²) in [6.07, 6.45) is 7.55. The van der Waals surface area contributed by atoms with E-state index in [0.717, 1.165) is 44.5 Å². The molecule has 2 aliphatic heterocycles. The van der Waals surface area contributed by atoms with Gasteiger partial charge in [0.25, 0.3) is 0 Å². The molecular formula is C16H29NO2. The molecule has 1 spiro atoms. The summed E-state index contributed by atoms with van der Waals surface area (Å²) in [6.45, 7) is 7.42. The molecule has 1 aliphatic carbocycles. The third kappa shape index (κ3) is 2.98. The first kappa shape index (κ1) is 13.8. The van der Waals surface area contributed by atoms with Gasteiger partial charge in [-0.1, -0.05) is 26.7 Å². The van der Waals surface area contributed by atoms with Gasteiger partial charge in [0.15, 0.2) is 0 Å². The Labute approximate surface area is 117 Å². The molecule has 3 heteroatoms. The van der Waals surface area contributed by atoms with Crippen LogP contribution in [0.4, 0.5) is 0 Å². The molecule has 3 rings (SSSR count). The first-order valence-electron chi connectivity index (χ1n) is 8.16. The second kappa shape index (κ2) is 5.71. The van der Waals surface area contributed by atoms with Crippen LogP contribution in [0.2, 0.25) is 0 Å². The predicted octanol–water partition coefficient (Wildman–Crippen LogP) is 2.74. The lowest BCUT2D eigenvalue weighted by atomic mass is 9.77. The summed E-state index contributed by atoms with van der Waals surface area (Å²) in [5.74, 6) is 1.68. The molecule has 1 saturated carbocycles. The van der Waals surface area contributed by atoms with E-state index in [4.69, 9.17) is 9.47 Å². The molecule has 5 atom stereocenters. The fourth-order valence-electron chi connectivity index (χ4n) is 4.15. The predicted molar refractivity (Wildman–Crippen MR) is 76.2 cm³/mol. The Morgan fingerprint density at radius 2 is 2.00 bits per heavy atom. The minimum absolute atomic E-state index is 0.0411. The maximum absolute atomic E-state index is 6.03. The van der Waals surface area contributed by atoms with Crippen molar-refractivity contribution in [1.29, 1.82) is 0 Å². The van der Waals surface area contributed by atoms with Crippen LogP contribution in [-0.4, -0.2) is 37.5 Å². The quantitative estimate of drug-likeness (QED) is 0.834. The van der Waals surface area contributed by atoms with E-state index in [1.165, 1.54) is 25.7 Å². The topological polar surface area (TPSA) is 30.5 Å². The van der Waals surface area contributed by atoms with Crippen molar-refractivity contribution in [2.75, 3.05) is 19.8 Å². The summed E-state index contributed by atoms with van der Waals surface area (Å²) < 4.78 is 11.6. The van der Waals surface area contributed by atoms with E-state index in [1.807, 2.05) is 0 Å². The Hall–Kier alpha value is -0.120. The van der Waals surface area contributed by atoms with Gasteiger partial charge in [0, 0.05) is 31.7 Å². The maximum Gasteiger partial charge on any atom is 0.0951 e. The first-order chi connectivity index (χ1) is 9.19. The Kier molecular flexibility index (Phi) is 4.16. The van der Waals surface area contributed by atoms with Crippen LogP contribution < -0.4 is 5.32 Å². The fraction of sp³-hybridized carbons (Fsp3) is 1.00. The van der Waals surface area contributed by atoms with Gasteiger partial charge in [-0.3, -0.25) is 0 Å². The zero-order valence-electron chi connectivity index (χ0n) is 12.5. The number of hydrogen-bond acceptors (Lipinski definition) is 3. The largest absolute Gasteiger partial charge is 0.378 e. The van der Waals surface area contributed by atoms with Crippen molar-refractivity contribution in [3.05, 3.63) is 0 Å². The molecule has 0 amide bonds. The van der Waals surface area contributed by atoms with E-state index in [2.05, 4.69) is 19.2 Å². The summed E-state index contributed by atoms with van der Waals surface area (Å²) in [5.41, 5.74) is 0.0411. The number of ether oxygens (including phenoxy) is 2. The molecule has 3 nitrogen and oxygen atoms in total. The van der Waals surface area contributed by atoms with Crippen molar-refractivity contribution >= 4 is 0 Å². The fourth-order valence-corrected chi connectivity index (χ4v) is 4.15. The Balaban J connectivity index is 1.57. The molecule has 0 radical (unpaired) electrons. The van der Waals surface area contributed by atoms with Crippen molar-refractivity contribution in [3.8, 4) is 0 Å². The van der Waals surface area contributed by atoms with Gasteiger partial charge < -0.3 is 14.8 Å². The Morgan fingerprint density at radius 3 is 2.79 bits per heavy atom. The highest BCUT2D eigenvalue weighted by molar-refractivity contribution is 4.95.